The summed E-state index contributed by atoms with van der Waals surface area (Å²) in [5.41, 5.74) is 2.26. The van der Waals surface area contributed by atoms with Crippen molar-refractivity contribution in [2.75, 3.05) is 26.2 Å². The summed E-state index contributed by atoms with van der Waals surface area (Å²) >= 11 is 1.67. The van der Waals surface area contributed by atoms with Crippen LogP contribution >= 0.6 is 11.3 Å². The van der Waals surface area contributed by atoms with Crippen LogP contribution in [0.4, 0.5) is 0 Å². The first-order valence-corrected chi connectivity index (χ1v) is 8.55. The van der Waals surface area contributed by atoms with Crippen LogP contribution in [0.3, 0.4) is 0 Å². The van der Waals surface area contributed by atoms with E-state index in [-0.39, 0.29) is 6.04 Å². The first-order valence-electron chi connectivity index (χ1n) is 7.61. The summed E-state index contributed by atoms with van der Waals surface area (Å²) in [6, 6.07) is 0.272. The highest BCUT2D eigenvalue weighted by molar-refractivity contribution is 7.08. The van der Waals surface area contributed by atoms with E-state index >= 15 is 0 Å². The molecule has 3 heterocycles. The summed E-state index contributed by atoms with van der Waals surface area (Å²) in [4.78, 5) is 7.14. The van der Waals surface area contributed by atoms with E-state index in [4.69, 9.17) is 4.52 Å². The van der Waals surface area contributed by atoms with Crippen molar-refractivity contribution in [2.24, 2.45) is 0 Å². The second-order valence-corrected chi connectivity index (χ2v) is 6.26. The number of hydrogen-bond donors (Lipinski definition) is 1. The molecule has 1 fully saturated rings. The Morgan fingerprint density at radius 1 is 1.38 bits per heavy atom. The highest BCUT2D eigenvalue weighted by Crippen LogP contribution is 2.29. The predicted octanol–water partition coefficient (Wildman–Crippen LogP) is 2.85. The van der Waals surface area contributed by atoms with Gasteiger partial charge in [-0.3, -0.25) is 4.90 Å². The van der Waals surface area contributed by atoms with Gasteiger partial charge in [-0.2, -0.15) is 16.3 Å². The van der Waals surface area contributed by atoms with Crippen molar-refractivity contribution in [2.45, 2.75) is 32.7 Å². The highest BCUT2D eigenvalue weighted by Gasteiger charge is 2.26. The Morgan fingerprint density at radius 3 is 2.86 bits per heavy atom. The Balaban J connectivity index is 1.83. The molecule has 1 aliphatic rings. The Kier molecular flexibility index (Phi) is 4.67. The zero-order chi connectivity index (χ0) is 14.7. The van der Waals surface area contributed by atoms with Crippen molar-refractivity contribution in [3.8, 4) is 11.5 Å². The minimum atomic E-state index is 0.272. The Morgan fingerprint density at radius 2 is 2.19 bits per heavy atom. The molecule has 0 radical (unpaired) electrons. The van der Waals surface area contributed by atoms with Gasteiger partial charge >= 0.3 is 0 Å². The number of thiophene rings is 1. The molecular weight excluding hydrogens is 284 g/mol. The summed E-state index contributed by atoms with van der Waals surface area (Å²) in [7, 11) is 0. The van der Waals surface area contributed by atoms with Crippen molar-refractivity contribution < 1.29 is 4.52 Å². The van der Waals surface area contributed by atoms with E-state index in [0.29, 0.717) is 5.89 Å². The minimum Gasteiger partial charge on any atom is -0.334 e. The normalized spacial score (nSPS) is 18.0. The number of nitrogens with zero attached hydrogens (tertiary/aromatic N) is 3. The molecule has 0 aromatic carbocycles. The van der Waals surface area contributed by atoms with Crippen LogP contribution in [0.15, 0.2) is 15.3 Å². The molecule has 0 spiro atoms. The average molecular weight is 306 g/mol. The van der Waals surface area contributed by atoms with Gasteiger partial charge in [-0.25, -0.2) is 0 Å². The van der Waals surface area contributed by atoms with Gasteiger partial charge in [0.05, 0.1) is 11.6 Å². The summed E-state index contributed by atoms with van der Waals surface area (Å²) in [5, 5.41) is 11.8. The third-order valence-electron chi connectivity index (χ3n) is 3.98. The molecule has 0 aliphatic carbocycles. The van der Waals surface area contributed by atoms with Gasteiger partial charge in [0.2, 0.25) is 0 Å². The number of rotatable bonds is 5. The zero-order valence-electron chi connectivity index (χ0n) is 12.6. The average Bonchev–Trinajstić information content (AvgIpc) is 3.14. The summed E-state index contributed by atoms with van der Waals surface area (Å²) in [6.45, 7) is 8.45. The van der Waals surface area contributed by atoms with Crippen LogP contribution in [0.25, 0.3) is 11.5 Å². The van der Waals surface area contributed by atoms with E-state index in [1.807, 2.05) is 0 Å². The summed E-state index contributed by atoms with van der Waals surface area (Å²) < 4.78 is 5.51. The molecule has 2 aromatic rings. The molecule has 3 rings (SSSR count). The van der Waals surface area contributed by atoms with Crippen LogP contribution in [-0.2, 0) is 0 Å². The second-order valence-electron chi connectivity index (χ2n) is 5.52. The highest BCUT2D eigenvalue weighted by atomic mass is 32.1. The lowest BCUT2D eigenvalue weighted by molar-refractivity contribution is 0.155. The van der Waals surface area contributed by atoms with Gasteiger partial charge in [0.25, 0.3) is 5.89 Å². The maximum absolute atomic E-state index is 5.51. The number of piperazine rings is 1. The van der Waals surface area contributed by atoms with Crippen molar-refractivity contribution >= 4 is 11.3 Å². The SMILES string of the molecule is CCCC(c1noc(-c2cscc2C)n1)N1CCNCC1. The van der Waals surface area contributed by atoms with Crippen LogP contribution in [-0.4, -0.2) is 41.2 Å². The van der Waals surface area contributed by atoms with Gasteiger partial charge in [-0.15, -0.1) is 0 Å². The lowest BCUT2D eigenvalue weighted by Crippen LogP contribution is -2.45. The van der Waals surface area contributed by atoms with E-state index in [9.17, 15) is 0 Å². The van der Waals surface area contributed by atoms with Gasteiger partial charge in [-0.1, -0.05) is 18.5 Å². The molecule has 2 aromatic heterocycles. The van der Waals surface area contributed by atoms with Crippen molar-refractivity contribution in [1.29, 1.82) is 0 Å². The van der Waals surface area contributed by atoms with Crippen LogP contribution in [0.1, 0.15) is 37.2 Å². The molecular formula is C15H22N4OS. The van der Waals surface area contributed by atoms with E-state index in [1.54, 1.807) is 11.3 Å². The van der Waals surface area contributed by atoms with E-state index < -0.39 is 0 Å². The van der Waals surface area contributed by atoms with Crippen molar-refractivity contribution in [1.82, 2.24) is 20.4 Å². The lowest BCUT2D eigenvalue weighted by atomic mass is 10.1. The fourth-order valence-corrected chi connectivity index (χ4v) is 3.62. The minimum absolute atomic E-state index is 0.272. The molecule has 1 unspecified atom stereocenters. The molecule has 1 atom stereocenters. The monoisotopic (exact) mass is 306 g/mol. The Labute approximate surface area is 129 Å². The number of hydrogen-bond acceptors (Lipinski definition) is 6. The topological polar surface area (TPSA) is 54.2 Å². The summed E-state index contributed by atoms with van der Waals surface area (Å²) in [5.74, 6) is 1.49. The third kappa shape index (κ3) is 3.17. The maximum atomic E-state index is 5.51. The smallest absolute Gasteiger partial charge is 0.259 e. The number of aromatic nitrogens is 2. The fourth-order valence-electron chi connectivity index (χ4n) is 2.80. The van der Waals surface area contributed by atoms with Gasteiger partial charge < -0.3 is 9.84 Å². The van der Waals surface area contributed by atoms with Crippen LogP contribution in [0.2, 0.25) is 0 Å². The Hall–Kier alpha value is -1.24. The van der Waals surface area contributed by atoms with Gasteiger partial charge in [-0.05, 0) is 24.3 Å². The first kappa shape index (κ1) is 14.7. The molecule has 1 saturated heterocycles. The van der Waals surface area contributed by atoms with Crippen LogP contribution < -0.4 is 5.32 Å². The quantitative estimate of drug-likeness (QED) is 0.920. The maximum Gasteiger partial charge on any atom is 0.259 e. The van der Waals surface area contributed by atoms with Crippen molar-refractivity contribution in [3.63, 3.8) is 0 Å². The van der Waals surface area contributed by atoms with E-state index in [2.05, 4.69) is 45.0 Å². The number of nitrogens with one attached hydrogen (secondary N) is 1. The van der Waals surface area contributed by atoms with E-state index in [1.165, 1.54) is 5.56 Å². The standard InChI is InChI=1S/C15H22N4OS/c1-3-4-13(19-7-5-16-6-8-19)14-17-15(20-18-14)12-10-21-9-11(12)2/h9-10,13,16H,3-8H2,1-2H3. The molecule has 0 bridgehead atoms. The molecule has 21 heavy (non-hydrogen) atoms. The summed E-state index contributed by atoms with van der Waals surface area (Å²) in [6.07, 6.45) is 2.19. The third-order valence-corrected chi connectivity index (χ3v) is 4.84. The van der Waals surface area contributed by atoms with Gasteiger partial charge in [0.1, 0.15) is 0 Å². The van der Waals surface area contributed by atoms with Crippen LogP contribution in [0, 0.1) is 6.92 Å². The molecule has 1 N–H and O–H groups in total. The second kappa shape index (κ2) is 6.68. The fraction of sp³-hybridized carbons (Fsp3) is 0.600. The van der Waals surface area contributed by atoms with Crippen LogP contribution in [0.5, 0.6) is 0 Å². The number of aryl methyl sites for hydroxylation is 1. The Bertz CT molecular complexity index is 574. The molecule has 6 heteroatoms. The molecule has 1 aliphatic heterocycles. The molecule has 114 valence electrons. The van der Waals surface area contributed by atoms with E-state index in [0.717, 1.165) is 50.4 Å². The molecule has 5 nitrogen and oxygen atoms in total. The lowest BCUT2D eigenvalue weighted by Gasteiger charge is -2.33. The van der Waals surface area contributed by atoms with Gasteiger partial charge in [0, 0.05) is 31.6 Å². The predicted molar refractivity (Wildman–Crippen MR) is 84.4 cm³/mol. The van der Waals surface area contributed by atoms with Crippen molar-refractivity contribution in [3.05, 3.63) is 22.1 Å². The largest absolute Gasteiger partial charge is 0.334 e. The van der Waals surface area contributed by atoms with Gasteiger partial charge in [0.15, 0.2) is 5.82 Å². The molecule has 0 amide bonds. The molecule has 0 saturated carbocycles. The first-order chi connectivity index (χ1) is 10.3. The zero-order valence-corrected chi connectivity index (χ0v) is 13.4.